The molecule has 0 N–H and O–H groups in total. The van der Waals surface area contributed by atoms with Crippen LogP contribution in [0.5, 0.6) is 0 Å². The number of imide groups is 1. The van der Waals surface area contributed by atoms with Crippen LogP contribution in [0.3, 0.4) is 0 Å². The van der Waals surface area contributed by atoms with Gasteiger partial charge in [-0.15, -0.1) is 0 Å². The summed E-state index contributed by atoms with van der Waals surface area (Å²) in [6.07, 6.45) is 1.41. The van der Waals surface area contributed by atoms with Gasteiger partial charge in [-0.1, -0.05) is 6.07 Å². The Morgan fingerprint density at radius 2 is 2.00 bits per heavy atom. The van der Waals surface area contributed by atoms with Crippen molar-refractivity contribution < 1.29 is 23.9 Å². The van der Waals surface area contributed by atoms with Crippen LogP contribution in [0.25, 0.3) is 6.08 Å². The molecule has 0 aliphatic carbocycles. The van der Waals surface area contributed by atoms with Crippen molar-refractivity contribution in [3.05, 3.63) is 34.2 Å². The number of morpholine rings is 1. The predicted octanol–water partition coefficient (Wildman–Crippen LogP) is 2.82. The van der Waals surface area contributed by atoms with Gasteiger partial charge >= 0.3 is 5.97 Å². The average Bonchev–Trinajstić information content (AvgIpc) is 2.91. The van der Waals surface area contributed by atoms with Gasteiger partial charge < -0.3 is 14.4 Å². The normalized spacial score (nSPS) is 19.1. The molecule has 2 amide bonds. The van der Waals surface area contributed by atoms with E-state index in [4.69, 9.17) is 9.47 Å². The van der Waals surface area contributed by atoms with Crippen molar-refractivity contribution in [3.63, 3.8) is 0 Å². The molecule has 0 bridgehead atoms. The molecule has 2 aliphatic heterocycles. The van der Waals surface area contributed by atoms with Crippen LogP contribution in [0.4, 0.5) is 10.5 Å². The fraction of sp³-hybridized carbons (Fsp3) is 0.450. The molecule has 2 aliphatic rings. The lowest BCUT2D eigenvalue weighted by molar-refractivity contribution is -0.149. The number of hydrogen-bond donors (Lipinski definition) is 0. The van der Waals surface area contributed by atoms with E-state index in [0.29, 0.717) is 18.1 Å². The number of esters is 1. The summed E-state index contributed by atoms with van der Waals surface area (Å²) in [6, 6.07) is 6.02. The molecule has 0 aromatic heterocycles. The Bertz CT molecular complexity index is 815. The molecule has 0 saturated carbocycles. The third kappa shape index (κ3) is 4.74. The minimum atomic E-state index is -0.593. The van der Waals surface area contributed by atoms with E-state index >= 15 is 0 Å². The number of anilines is 1. The molecule has 2 fully saturated rings. The highest BCUT2D eigenvalue weighted by atomic mass is 32.2. The van der Waals surface area contributed by atoms with E-state index in [-0.39, 0.29) is 12.6 Å². The molecule has 2 heterocycles. The standard InChI is InChI=1S/C20H24N2O5S/c1-13(2)27-18(23)12-22-19(24)17(28-20(22)25)11-15-4-5-16(10-14(15)3)21-6-8-26-9-7-21/h4-5,10-11,13H,6-9,12H2,1-3H3. The van der Waals surface area contributed by atoms with Crippen LogP contribution in [0.1, 0.15) is 25.0 Å². The average molecular weight is 404 g/mol. The molecule has 0 radical (unpaired) electrons. The molecule has 0 spiro atoms. The fourth-order valence-electron chi connectivity index (χ4n) is 3.05. The smallest absolute Gasteiger partial charge is 0.326 e. The van der Waals surface area contributed by atoms with Gasteiger partial charge in [0.15, 0.2) is 0 Å². The maximum atomic E-state index is 12.6. The van der Waals surface area contributed by atoms with Crippen molar-refractivity contribution >= 4 is 40.6 Å². The lowest BCUT2D eigenvalue weighted by Gasteiger charge is -2.29. The number of benzene rings is 1. The van der Waals surface area contributed by atoms with Crippen LogP contribution in [0.15, 0.2) is 23.1 Å². The number of rotatable bonds is 5. The van der Waals surface area contributed by atoms with Gasteiger partial charge in [-0.3, -0.25) is 19.3 Å². The zero-order valence-electron chi connectivity index (χ0n) is 16.3. The largest absolute Gasteiger partial charge is 0.462 e. The maximum absolute atomic E-state index is 12.6. The van der Waals surface area contributed by atoms with Crippen LogP contribution in [-0.2, 0) is 19.1 Å². The van der Waals surface area contributed by atoms with Gasteiger partial charge in [0.2, 0.25) is 0 Å². The van der Waals surface area contributed by atoms with Crippen molar-refractivity contribution in [2.45, 2.75) is 26.9 Å². The van der Waals surface area contributed by atoms with E-state index in [2.05, 4.69) is 11.0 Å². The molecular formula is C20H24N2O5S. The monoisotopic (exact) mass is 404 g/mol. The highest BCUT2D eigenvalue weighted by Crippen LogP contribution is 2.33. The Morgan fingerprint density at radius 1 is 1.29 bits per heavy atom. The zero-order valence-corrected chi connectivity index (χ0v) is 17.1. The molecule has 7 nitrogen and oxygen atoms in total. The van der Waals surface area contributed by atoms with Gasteiger partial charge in [-0.05, 0) is 61.9 Å². The fourth-order valence-corrected chi connectivity index (χ4v) is 3.88. The Labute approximate surface area is 168 Å². The third-order valence-electron chi connectivity index (χ3n) is 4.44. The van der Waals surface area contributed by atoms with E-state index < -0.39 is 17.1 Å². The van der Waals surface area contributed by atoms with Crippen LogP contribution in [-0.4, -0.2) is 61.0 Å². The van der Waals surface area contributed by atoms with Crippen molar-refractivity contribution in [2.75, 3.05) is 37.7 Å². The molecule has 1 aromatic carbocycles. The van der Waals surface area contributed by atoms with Crippen molar-refractivity contribution in [1.29, 1.82) is 0 Å². The number of thioether (sulfide) groups is 1. The maximum Gasteiger partial charge on any atom is 0.326 e. The highest BCUT2D eigenvalue weighted by Gasteiger charge is 2.36. The molecule has 0 atom stereocenters. The summed E-state index contributed by atoms with van der Waals surface area (Å²) < 4.78 is 10.4. The third-order valence-corrected chi connectivity index (χ3v) is 5.35. The number of ether oxygens (including phenoxy) is 2. The van der Waals surface area contributed by atoms with Crippen LogP contribution < -0.4 is 4.90 Å². The Balaban J connectivity index is 1.73. The van der Waals surface area contributed by atoms with Gasteiger partial charge in [-0.25, -0.2) is 0 Å². The number of amides is 2. The first-order valence-electron chi connectivity index (χ1n) is 9.23. The molecule has 8 heteroatoms. The van der Waals surface area contributed by atoms with Crippen LogP contribution in [0, 0.1) is 6.92 Å². The second-order valence-corrected chi connectivity index (χ2v) is 7.94. The quantitative estimate of drug-likeness (QED) is 0.552. The van der Waals surface area contributed by atoms with Crippen LogP contribution in [0.2, 0.25) is 0 Å². The topological polar surface area (TPSA) is 76.2 Å². The number of aryl methyl sites for hydroxylation is 1. The lowest BCUT2D eigenvalue weighted by atomic mass is 10.1. The number of hydrogen-bond acceptors (Lipinski definition) is 7. The summed E-state index contributed by atoms with van der Waals surface area (Å²) >= 11 is 0.842. The van der Waals surface area contributed by atoms with E-state index in [1.165, 1.54) is 0 Å². The minimum absolute atomic E-state index is 0.296. The first-order chi connectivity index (χ1) is 13.3. The van der Waals surface area contributed by atoms with Crippen molar-refractivity contribution in [1.82, 2.24) is 4.90 Å². The Hall–Kier alpha value is -2.32. The second kappa shape index (κ2) is 8.79. The molecule has 28 heavy (non-hydrogen) atoms. The summed E-state index contributed by atoms with van der Waals surface area (Å²) in [4.78, 5) is 40.0. The van der Waals surface area contributed by atoms with Gasteiger partial charge in [-0.2, -0.15) is 0 Å². The zero-order chi connectivity index (χ0) is 20.3. The Morgan fingerprint density at radius 3 is 2.64 bits per heavy atom. The van der Waals surface area contributed by atoms with Crippen molar-refractivity contribution in [2.24, 2.45) is 0 Å². The molecule has 0 unspecified atom stereocenters. The van der Waals surface area contributed by atoms with E-state index in [9.17, 15) is 14.4 Å². The second-order valence-electron chi connectivity index (χ2n) is 6.95. The molecule has 2 saturated heterocycles. The SMILES string of the molecule is Cc1cc(N2CCOCC2)ccc1C=C1SC(=O)N(CC(=O)OC(C)C)C1=O. The molecule has 3 rings (SSSR count). The van der Waals surface area contributed by atoms with Gasteiger partial charge in [0.1, 0.15) is 6.54 Å². The minimum Gasteiger partial charge on any atom is -0.462 e. The summed E-state index contributed by atoms with van der Waals surface area (Å²) in [7, 11) is 0. The Kier molecular flexibility index (Phi) is 6.41. The van der Waals surface area contributed by atoms with E-state index in [1.807, 2.05) is 19.1 Å². The number of carbonyl (C=O) groups excluding carboxylic acids is 3. The summed E-state index contributed by atoms with van der Waals surface area (Å²) in [5.41, 5.74) is 2.99. The van der Waals surface area contributed by atoms with E-state index in [0.717, 1.165) is 46.6 Å². The van der Waals surface area contributed by atoms with Gasteiger partial charge in [0.25, 0.3) is 11.1 Å². The van der Waals surface area contributed by atoms with E-state index in [1.54, 1.807) is 19.9 Å². The predicted molar refractivity (Wildman–Crippen MR) is 108 cm³/mol. The lowest BCUT2D eigenvalue weighted by Crippen LogP contribution is -2.36. The summed E-state index contributed by atoms with van der Waals surface area (Å²) in [5.74, 6) is -1.06. The van der Waals surface area contributed by atoms with Crippen LogP contribution >= 0.6 is 11.8 Å². The highest BCUT2D eigenvalue weighted by molar-refractivity contribution is 8.18. The first-order valence-corrected chi connectivity index (χ1v) is 10.0. The number of nitrogens with zero attached hydrogens (tertiary/aromatic N) is 2. The van der Waals surface area contributed by atoms with Gasteiger partial charge in [0.05, 0.1) is 24.2 Å². The summed E-state index contributed by atoms with van der Waals surface area (Å²) in [5, 5.41) is -0.459. The number of carbonyl (C=O) groups is 3. The summed E-state index contributed by atoms with van der Waals surface area (Å²) in [6.45, 7) is 8.17. The molecule has 1 aromatic rings. The molecule has 150 valence electrons. The first kappa shape index (κ1) is 20.4. The van der Waals surface area contributed by atoms with Crippen molar-refractivity contribution in [3.8, 4) is 0 Å². The molecular weight excluding hydrogens is 380 g/mol. The van der Waals surface area contributed by atoms with Gasteiger partial charge in [0, 0.05) is 18.8 Å².